The second-order valence-electron chi connectivity index (χ2n) is 5.35. The minimum Gasteiger partial charge on any atom is -0.328 e. The minimum atomic E-state index is 0.207. The molecule has 0 aliphatic heterocycles. The summed E-state index contributed by atoms with van der Waals surface area (Å²) in [5.41, 5.74) is 7.12. The summed E-state index contributed by atoms with van der Waals surface area (Å²) in [5, 5.41) is 1.20. The van der Waals surface area contributed by atoms with E-state index in [-0.39, 0.29) is 6.04 Å². The van der Waals surface area contributed by atoms with E-state index in [1.54, 1.807) is 0 Å². The van der Waals surface area contributed by atoms with Gasteiger partial charge in [-0.1, -0.05) is 27.7 Å². The van der Waals surface area contributed by atoms with Crippen LogP contribution in [0.3, 0.4) is 0 Å². The van der Waals surface area contributed by atoms with E-state index in [4.69, 9.17) is 10.7 Å². The second kappa shape index (κ2) is 5.78. The van der Waals surface area contributed by atoms with Crippen LogP contribution in [0.5, 0.6) is 0 Å². The van der Waals surface area contributed by atoms with E-state index in [0.717, 1.165) is 12.8 Å². The standard InChI is InChI=1S/C13H24N2S/c1-8(2)6-11-13(9(3)4)16-12(15-11)7-10(5)14/h8-10H,6-7,14H2,1-5H3. The molecule has 1 aromatic heterocycles. The van der Waals surface area contributed by atoms with Crippen LogP contribution in [0.1, 0.15) is 56.1 Å². The lowest BCUT2D eigenvalue weighted by Crippen LogP contribution is -2.17. The Hall–Kier alpha value is -0.410. The van der Waals surface area contributed by atoms with E-state index < -0.39 is 0 Å². The zero-order valence-corrected chi connectivity index (χ0v) is 11.9. The fraction of sp³-hybridized carbons (Fsp3) is 0.769. The largest absolute Gasteiger partial charge is 0.328 e. The quantitative estimate of drug-likeness (QED) is 0.857. The molecule has 2 nitrogen and oxygen atoms in total. The molecule has 1 atom stereocenters. The average molecular weight is 240 g/mol. The summed E-state index contributed by atoms with van der Waals surface area (Å²) in [4.78, 5) is 6.20. The van der Waals surface area contributed by atoms with Gasteiger partial charge >= 0.3 is 0 Å². The molecule has 0 bridgehead atoms. The Bertz CT molecular complexity index is 327. The predicted octanol–water partition coefficient (Wildman–Crippen LogP) is 3.35. The lowest BCUT2D eigenvalue weighted by Gasteiger charge is -2.06. The average Bonchev–Trinajstić information content (AvgIpc) is 2.45. The maximum absolute atomic E-state index is 5.83. The van der Waals surface area contributed by atoms with E-state index >= 15 is 0 Å². The summed E-state index contributed by atoms with van der Waals surface area (Å²) in [6.07, 6.45) is 1.99. The number of nitrogens with zero attached hydrogens (tertiary/aromatic N) is 1. The van der Waals surface area contributed by atoms with Gasteiger partial charge in [0.05, 0.1) is 10.7 Å². The van der Waals surface area contributed by atoms with Crippen LogP contribution in [0.15, 0.2) is 0 Å². The van der Waals surface area contributed by atoms with Crippen LogP contribution in [-0.2, 0) is 12.8 Å². The summed E-state index contributed by atoms with van der Waals surface area (Å²) < 4.78 is 0. The number of aromatic nitrogens is 1. The topological polar surface area (TPSA) is 38.9 Å². The fourth-order valence-corrected chi connectivity index (χ4v) is 3.00. The van der Waals surface area contributed by atoms with Crippen molar-refractivity contribution in [2.45, 2.75) is 59.4 Å². The summed E-state index contributed by atoms with van der Waals surface area (Å²) in [6, 6.07) is 0.207. The monoisotopic (exact) mass is 240 g/mol. The molecule has 0 spiro atoms. The Morgan fingerprint density at radius 1 is 1.12 bits per heavy atom. The van der Waals surface area contributed by atoms with Gasteiger partial charge in [-0.2, -0.15) is 0 Å². The van der Waals surface area contributed by atoms with Crippen LogP contribution in [0, 0.1) is 5.92 Å². The van der Waals surface area contributed by atoms with E-state index in [2.05, 4.69) is 27.7 Å². The first-order valence-corrected chi connectivity index (χ1v) is 6.95. The van der Waals surface area contributed by atoms with Gasteiger partial charge in [0.25, 0.3) is 0 Å². The van der Waals surface area contributed by atoms with E-state index in [1.807, 2.05) is 18.3 Å². The molecule has 0 amide bonds. The predicted molar refractivity (Wildman–Crippen MR) is 72.1 cm³/mol. The van der Waals surface area contributed by atoms with Gasteiger partial charge in [0, 0.05) is 17.3 Å². The highest BCUT2D eigenvalue weighted by atomic mass is 32.1. The second-order valence-corrected chi connectivity index (χ2v) is 6.47. The third-order valence-corrected chi connectivity index (χ3v) is 3.81. The van der Waals surface area contributed by atoms with Gasteiger partial charge in [0.15, 0.2) is 0 Å². The Labute approximate surface area is 103 Å². The van der Waals surface area contributed by atoms with Gasteiger partial charge in [-0.3, -0.25) is 0 Å². The summed E-state index contributed by atoms with van der Waals surface area (Å²) in [6.45, 7) is 11.0. The van der Waals surface area contributed by atoms with Gasteiger partial charge in [0.2, 0.25) is 0 Å². The number of hydrogen-bond acceptors (Lipinski definition) is 3. The highest BCUT2D eigenvalue weighted by molar-refractivity contribution is 7.11. The molecule has 1 unspecified atom stereocenters. The van der Waals surface area contributed by atoms with Crippen LogP contribution >= 0.6 is 11.3 Å². The molecule has 0 aromatic carbocycles. The maximum atomic E-state index is 5.83. The van der Waals surface area contributed by atoms with Crippen LogP contribution < -0.4 is 5.73 Å². The number of rotatable bonds is 5. The molecule has 0 radical (unpaired) electrons. The molecule has 1 rings (SSSR count). The summed E-state index contributed by atoms with van der Waals surface area (Å²) in [5.74, 6) is 1.25. The van der Waals surface area contributed by atoms with Crippen molar-refractivity contribution in [2.75, 3.05) is 0 Å². The van der Waals surface area contributed by atoms with Gasteiger partial charge in [-0.15, -0.1) is 11.3 Å². The van der Waals surface area contributed by atoms with Gasteiger partial charge in [-0.05, 0) is 25.2 Å². The molecule has 2 N–H and O–H groups in total. The van der Waals surface area contributed by atoms with Crippen molar-refractivity contribution in [3.8, 4) is 0 Å². The van der Waals surface area contributed by atoms with Gasteiger partial charge in [-0.25, -0.2) is 4.98 Å². The van der Waals surface area contributed by atoms with Gasteiger partial charge in [0.1, 0.15) is 0 Å². The third kappa shape index (κ3) is 3.87. The number of hydrogen-bond donors (Lipinski definition) is 1. The van der Waals surface area contributed by atoms with E-state index in [1.165, 1.54) is 15.6 Å². The van der Waals surface area contributed by atoms with Crippen LogP contribution in [0.4, 0.5) is 0 Å². The molecule has 1 aromatic rings. The van der Waals surface area contributed by atoms with Crippen molar-refractivity contribution in [2.24, 2.45) is 11.7 Å². The fourth-order valence-electron chi connectivity index (χ4n) is 1.76. The molecule has 92 valence electrons. The van der Waals surface area contributed by atoms with Crippen LogP contribution in [0.25, 0.3) is 0 Å². The first kappa shape index (κ1) is 13.7. The highest BCUT2D eigenvalue weighted by Crippen LogP contribution is 2.28. The Morgan fingerprint density at radius 3 is 2.19 bits per heavy atom. The van der Waals surface area contributed by atoms with E-state index in [9.17, 15) is 0 Å². The molecule has 1 heterocycles. The molecular formula is C13H24N2S. The lowest BCUT2D eigenvalue weighted by molar-refractivity contribution is 0.627. The SMILES string of the molecule is CC(C)Cc1nc(CC(C)N)sc1C(C)C. The smallest absolute Gasteiger partial charge is 0.0946 e. The molecule has 0 saturated carbocycles. The molecule has 0 aliphatic rings. The van der Waals surface area contributed by atoms with Crippen molar-refractivity contribution in [1.82, 2.24) is 4.98 Å². The van der Waals surface area contributed by atoms with Gasteiger partial charge < -0.3 is 5.73 Å². The Morgan fingerprint density at radius 2 is 1.75 bits per heavy atom. The van der Waals surface area contributed by atoms with Crippen LogP contribution in [-0.4, -0.2) is 11.0 Å². The van der Waals surface area contributed by atoms with E-state index in [0.29, 0.717) is 11.8 Å². The molecule has 3 heteroatoms. The summed E-state index contributed by atoms with van der Waals surface area (Å²) >= 11 is 1.85. The lowest BCUT2D eigenvalue weighted by atomic mass is 10.0. The number of thiazole rings is 1. The number of nitrogens with two attached hydrogens (primary N) is 1. The summed E-state index contributed by atoms with van der Waals surface area (Å²) in [7, 11) is 0. The van der Waals surface area contributed by atoms with Crippen molar-refractivity contribution in [1.29, 1.82) is 0 Å². The molecule has 16 heavy (non-hydrogen) atoms. The first-order chi connectivity index (χ1) is 7.40. The Kier molecular flexibility index (Phi) is 4.93. The third-order valence-electron chi connectivity index (χ3n) is 2.39. The molecule has 0 saturated heterocycles. The maximum Gasteiger partial charge on any atom is 0.0946 e. The van der Waals surface area contributed by atoms with Crippen molar-refractivity contribution in [3.05, 3.63) is 15.6 Å². The molecular weight excluding hydrogens is 216 g/mol. The zero-order valence-electron chi connectivity index (χ0n) is 11.1. The molecule has 0 fully saturated rings. The minimum absolute atomic E-state index is 0.207. The molecule has 0 aliphatic carbocycles. The van der Waals surface area contributed by atoms with Crippen molar-refractivity contribution in [3.63, 3.8) is 0 Å². The zero-order chi connectivity index (χ0) is 12.3. The Balaban J connectivity index is 2.91. The van der Waals surface area contributed by atoms with Crippen LogP contribution in [0.2, 0.25) is 0 Å². The normalized spacial score (nSPS) is 13.8. The van der Waals surface area contributed by atoms with Crippen molar-refractivity contribution >= 4 is 11.3 Å². The first-order valence-electron chi connectivity index (χ1n) is 6.14. The highest BCUT2D eigenvalue weighted by Gasteiger charge is 2.15. The van der Waals surface area contributed by atoms with Crippen molar-refractivity contribution < 1.29 is 0 Å².